The Labute approximate surface area is 170 Å². The number of carbonyl (C=O) groups excluding carboxylic acids is 1. The molecule has 2 heterocycles. The topological polar surface area (TPSA) is 79.1 Å². The van der Waals surface area contributed by atoms with Crippen LogP contribution >= 0.6 is 0 Å². The Balaban J connectivity index is 1.93. The lowest BCUT2D eigenvalue weighted by Gasteiger charge is -2.13. The predicted molar refractivity (Wildman–Crippen MR) is 110 cm³/mol. The Morgan fingerprint density at radius 1 is 1.21 bits per heavy atom. The van der Waals surface area contributed by atoms with Gasteiger partial charge in [-0.2, -0.15) is 0 Å². The number of rotatable bonds is 7. The zero-order chi connectivity index (χ0) is 21.0. The molecule has 3 aromatic rings. The maximum Gasteiger partial charge on any atom is 0.357 e. The summed E-state index contributed by atoms with van der Waals surface area (Å²) in [6.07, 6.45) is 4.18. The van der Waals surface area contributed by atoms with Gasteiger partial charge in [0.2, 0.25) is 0 Å². The molecule has 2 aromatic heterocycles. The largest absolute Gasteiger partial charge is 0.495 e. The summed E-state index contributed by atoms with van der Waals surface area (Å²) in [5.74, 6) is 1.05. The second kappa shape index (κ2) is 8.86. The minimum Gasteiger partial charge on any atom is -0.495 e. The number of esters is 1. The Hall–Kier alpha value is -3.22. The quantitative estimate of drug-likeness (QED) is 0.566. The molecule has 29 heavy (non-hydrogen) atoms. The number of imidazole rings is 1. The molecule has 0 N–H and O–H groups in total. The second-order valence-electron chi connectivity index (χ2n) is 7.07. The van der Waals surface area contributed by atoms with Crippen LogP contribution in [0.4, 0.5) is 0 Å². The van der Waals surface area contributed by atoms with Gasteiger partial charge in [-0.1, -0.05) is 19.9 Å². The number of nitrogens with zero attached hydrogens (tertiary/aromatic N) is 4. The lowest BCUT2D eigenvalue weighted by atomic mass is 10.1. The van der Waals surface area contributed by atoms with Gasteiger partial charge in [-0.25, -0.2) is 19.7 Å². The third kappa shape index (κ3) is 4.80. The molecule has 0 fully saturated rings. The summed E-state index contributed by atoms with van der Waals surface area (Å²) >= 11 is 0. The van der Waals surface area contributed by atoms with Crippen molar-refractivity contribution >= 4 is 5.97 Å². The van der Waals surface area contributed by atoms with E-state index in [2.05, 4.69) is 15.0 Å². The summed E-state index contributed by atoms with van der Waals surface area (Å²) < 4.78 is 12.6. The molecule has 0 saturated carbocycles. The zero-order valence-corrected chi connectivity index (χ0v) is 17.5. The Bertz CT molecular complexity index is 1010. The van der Waals surface area contributed by atoms with Gasteiger partial charge in [-0.3, -0.25) is 0 Å². The number of carbonyl (C=O) groups is 1. The molecule has 0 amide bonds. The Kier molecular flexibility index (Phi) is 6.26. The Morgan fingerprint density at radius 3 is 2.62 bits per heavy atom. The first-order valence-electron chi connectivity index (χ1n) is 9.64. The van der Waals surface area contributed by atoms with Crippen LogP contribution in [0, 0.1) is 6.92 Å². The number of aromatic nitrogens is 4. The molecular formula is C22H26N4O3. The minimum absolute atomic E-state index is 0.173. The molecule has 0 aliphatic heterocycles. The summed E-state index contributed by atoms with van der Waals surface area (Å²) in [6.45, 7) is 8.09. The molecule has 0 bridgehead atoms. The molecule has 0 spiro atoms. The summed E-state index contributed by atoms with van der Waals surface area (Å²) in [5, 5.41) is 0. The van der Waals surface area contributed by atoms with E-state index in [4.69, 9.17) is 9.47 Å². The van der Waals surface area contributed by atoms with E-state index < -0.39 is 5.97 Å². The number of methoxy groups -OCH3 is 1. The van der Waals surface area contributed by atoms with E-state index in [-0.39, 0.29) is 11.6 Å². The number of benzene rings is 1. The molecule has 0 aliphatic carbocycles. The molecule has 0 saturated heterocycles. The van der Waals surface area contributed by atoms with E-state index in [9.17, 15) is 4.79 Å². The van der Waals surface area contributed by atoms with Gasteiger partial charge >= 0.3 is 5.97 Å². The third-order valence-corrected chi connectivity index (χ3v) is 4.46. The summed E-state index contributed by atoms with van der Waals surface area (Å²) in [5.41, 5.74) is 3.93. The first kappa shape index (κ1) is 20.5. The van der Waals surface area contributed by atoms with Crippen LogP contribution < -0.4 is 4.74 Å². The van der Waals surface area contributed by atoms with Crippen molar-refractivity contribution in [2.45, 2.75) is 40.0 Å². The van der Waals surface area contributed by atoms with Gasteiger partial charge in [-0.05, 0) is 43.5 Å². The van der Waals surface area contributed by atoms with Crippen molar-refractivity contribution in [1.82, 2.24) is 19.5 Å². The molecule has 0 aliphatic rings. The van der Waals surface area contributed by atoms with E-state index in [1.165, 1.54) is 0 Å². The summed E-state index contributed by atoms with van der Waals surface area (Å²) in [6, 6.07) is 7.65. The van der Waals surface area contributed by atoms with Crippen LogP contribution in [-0.4, -0.2) is 39.2 Å². The molecule has 0 atom stereocenters. The van der Waals surface area contributed by atoms with E-state index in [0.717, 1.165) is 28.4 Å². The Morgan fingerprint density at radius 2 is 2.00 bits per heavy atom. The van der Waals surface area contributed by atoms with Crippen LogP contribution in [0.25, 0.3) is 5.69 Å². The number of aryl methyl sites for hydroxylation is 1. The highest BCUT2D eigenvalue weighted by Gasteiger charge is 2.15. The van der Waals surface area contributed by atoms with E-state index >= 15 is 0 Å². The lowest BCUT2D eigenvalue weighted by Crippen LogP contribution is -2.12. The van der Waals surface area contributed by atoms with Gasteiger partial charge in [0.05, 0.1) is 31.4 Å². The van der Waals surface area contributed by atoms with Gasteiger partial charge in [0.15, 0.2) is 5.69 Å². The smallest absolute Gasteiger partial charge is 0.357 e. The zero-order valence-electron chi connectivity index (χ0n) is 17.5. The maximum absolute atomic E-state index is 12.2. The number of hydrogen-bond donors (Lipinski definition) is 0. The van der Waals surface area contributed by atoms with Crippen LogP contribution in [0.5, 0.6) is 5.75 Å². The molecule has 0 radical (unpaired) electrons. The van der Waals surface area contributed by atoms with E-state index in [1.54, 1.807) is 26.4 Å². The van der Waals surface area contributed by atoms with Crippen molar-refractivity contribution in [2.75, 3.05) is 13.7 Å². The highest BCUT2D eigenvalue weighted by Crippen LogP contribution is 2.25. The van der Waals surface area contributed by atoms with Crippen molar-refractivity contribution in [1.29, 1.82) is 0 Å². The van der Waals surface area contributed by atoms with Gasteiger partial charge in [-0.15, -0.1) is 0 Å². The third-order valence-electron chi connectivity index (χ3n) is 4.46. The molecule has 0 unspecified atom stereocenters. The average molecular weight is 394 g/mol. The van der Waals surface area contributed by atoms with Crippen molar-refractivity contribution in [3.8, 4) is 11.4 Å². The molecule has 7 heteroatoms. The SMILES string of the molecule is CCOC(=O)c1cc(C(C)C)nc(Cc2ccc(-n3cnc(C)c3)c(OC)c2)n1. The number of ether oxygens (including phenoxy) is 2. The van der Waals surface area contributed by atoms with Crippen LogP contribution in [0.1, 0.15) is 60.0 Å². The predicted octanol–water partition coefficient (Wildman–Crippen LogP) is 3.87. The molecule has 7 nitrogen and oxygen atoms in total. The first-order valence-corrected chi connectivity index (χ1v) is 9.64. The molecule has 3 rings (SSSR count). The van der Waals surface area contributed by atoms with Gasteiger partial charge in [0.1, 0.15) is 11.6 Å². The van der Waals surface area contributed by atoms with Gasteiger partial charge in [0, 0.05) is 18.3 Å². The standard InChI is InChI=1S/C22H26N4O3/c1-6-29-22(27)18-11-17(14(2)3)24-21(25-18)10-16-7-8-19(20(9-16)28-5)26-12-15(4)23-13-26/h7-9,11-14H,6,10H2,1-5H3. The minimum atomic E-state index is -0.429. The fourth-order valence-corrected chi connectivity index (χ4v) is 2.98. The normalized spacial score (nSPS) is 11.0. The molecule has 152 valence electrons. The number of hydrogen-bond acceptors (Lipinski definition) is 6. The molecular weight excluding hydrogens is 368 g/mol. The van der Waals surface area contributed by atoms with E-state index in [0.29, 0.717) is 18.9 Å². The summed E-state index contributed by atoms with van der Waals surface area (Å²) in [7, 11) is 1.64. The second-order valence-corrected chi connectivity index (χ2v) is 7.07. The monoisotopic (exact) mass is 394 g/mol. The highest BCUT2D eigenvalue weighted by molar-refractivity contribution is 5.87. The summed E-state index contributed by atoms with van der Waals surface area (Å²) in [4.78, 5) is 25.5. The molecule has 1 aromatic carbocycles. The first-order chi connectivity index (χ1) is 13.9. The van der Waals surface area contributed by atoms with Gasteiger partial charge in [0.25, 0.3) is 0 Å². The fraction of sp³-hybridized carbons (Fsp3) is 0.364. The van der Waals surface area contributed by atoms with Crippen molar-refractivity contribution < 1.29 is 14.3 Å². The fourth-order valence-electron chi connectivity index (χ4n) is 2.98. The van der Waals surface area contributed by atoms with Crippen LogP contribution in [0.3, 0.4) is 0 Å². The van der Waals surface area contributed by atoms with Crippen molar-refractivity contribution in [3.63, 3.8) is 0 Å². The van der Waals surface area contributed by atoms with Crippen molar-refractivity contribution in [3.05, 3.63) is 65.3 Å². The van der Waals surface area contributed by atoms with Crippen LogP contribution in [-0.2, 0) is 11.2 Å². The maximum atomic E-state index is 12.2. The van der Waals surface area contributed by atoms with Crippen molar-refractivity contribution in [2.24, 2.45) is 0 Å². The van der Waals surface area contributed by atoms with Gasteiger partial charge < -0.3 is 14.0 Å². The lowest BCUT2D eigenvalue weighted by molar-refractivity contribution is 0.0518. The van der Waals surface area contributed by atoms with Crippen LogP contribution in [0.15, 0.2) is 36.8 Å². The highest BCUT2D eigenvalue weighted by atomic mass is 16.5. The average Bonchev–Trinajstić information content (AvgIpc) is 3.13. The van der Waals surface area contributed by atoms with E-state index in [1.807, 2.05) is 49.7 Å². The van der Waals surface area contributed by atoms with Crippen LogP contribution in [0.2, 0.25) is 0 Å².